The fourth-order valence-electron chi connectivity index (χ4n) is 1.87. The molecule has 0 aromatic heterocycles. The third kappa shape index (κ3) is 3.37. The first-order valence-electron chi connectivity index (χ1n) is 5.77. The first-order chi connectivity index (χ1) is 7.54. The maximum atomic E-state index is 11.3. The fraction of sp³-hybridized carbons (Fsp3) is 0.500. The maximum Gasteiger partial charge on any atom is 0.306 e. The Bertz CT molecular complexity index is 357. The van der Waals surface area contributed by atoms with E-state index in [0.29, 0.717) is 13.0 Å². The second-order valence-electron chi connectivity index (χ2n) is 4.29. The number of rotatable bonds is 4. The summed E-state index contributed by atoms with van der Waals surface area (Å²) in [6, 6.07) is 4.24. The molecule has 0 amide bonds. The van der Waals surface area contributed by atoms with E-state index >= 15 is 0 Å². The van der Waals surface area contributed by atoms with Crippen LogP contribution in [0.25, 0.3) is 0 Å². The molecule has 0 saturated heterocycles. The molecular formula is C14H20O2. The van der Waals surface area contributed by atoms with Crippen LogP contribution in [0.15, 0.2) is 12.1 Å². The number of ether oxygens (including phenoxy) is 1. The first-order valence-corrected chi connectivity index (χ1v) is 5.77. The summed E-state index contributed by atoms with van der Waals surface area (Å²) in [5, 5.41) is 0. The SMILES string of the molecule is CCCC(=O)OCc1c(C)cc(C)cc1C. The lowest BCUT2D eigenvalue weighted by atomic mass is 10.0. The van der Waals surface area contributed by atoms with Crippen molar-refractivity contribution in [2.24, 2.45) is 0 Å². The Kier molecular flexibility index (Phi) is 4.53. The quantitative estimate of drug-likeness (QED) is 0.726. The Morgan fingerprint density at radius 2 is 1.75 bits per heavy atom. The van der Waals surface area contributed by atoms with Crippen molar-refractivity contribution in [3.05, 3.63) is 34.4 Å². The summed E-state index contributed by atoms with van der Waals surface area (Å²) < 4.78 is 5.23. The zero-order chi connectivity index (χ0) is 12.1. The summed E-state index contributed by atoms with van der Waals surface area (Å²) in [7, 11) is 0. The van der Waals surface area contributed by atoms with Crippen molar-refractivity contribution in [1.29, 1.82) is 0 Å². The molecule has 1 rings (SSSR count). The van der Waals surface area contributed by atoms with E-state index in [2.05, 4.69) is 32.9 Å². The first kappa shape index (κ1) is 12.8. The Morgan fingerprint density at radius 3 is 2.25 bits per heavy atom. The number of carbonyl (C=O) groups excluding carboxylic acids is 1. The van der Waals surface area contributed by atoms with Gasteiger partial charge in [0, 0.05) is 6.42 Å². The second-order valence-corrected chi connectivity index (χ2v) is 4.29. The Labute approximate surface area is 97.6 Å². The van der Waals surface area contributed by atoms with Crippen LogP contribution in [0, 0.1) is 20.8 Å². The fourth-order valence-corrected chi connectivity index (χ4v) is 1.87. The molecule has 0 fully saturated rings. The highest BCUT2D eigenvalue weighted by Crippen LogP contribution is 2.17. The zero-order valence-corrected chi connectivity index (χ0v) is 10.6. The minimum atomic E-state index is -0.109. The standard InChI is InChI=1S/C14H20O2/c1-5-6-14(15)16-9-13-11(3)7-10(2)8-12(13)4/h7-8H,5-6,9H2,1-4H3. The molecule has 2 heteroatoms. The van der Waals surface area contributed by atoms with Gasteiger partial charge in [-0.15, -0.1) is 0 Å². The molecule has 0 radical (unpaired) electrons. The van der Waals surface area contributed by atoms with Gasteiger partial charge < -0.3 is 4.74 Å². The van der Waals surface area contributed by atoms with Crippen molar-refractivity contribution >= 4 is 5.97 Å². The normalized spacial score (nSPS) is 10.2. The van der Waals surface area contributed by atoms with Gasteiger partial charge in [-0.05, 0) is 43.9 Å². The molecule has 0 aliphatic heterocycles. The number of aryl methyl sites for hydroxylation is 3. The molecule has 16 heavy (non-hydrogen) atoms. The van der Waals surface area contributed by atoms with Crippen molar-refractivity contribution in [2.75, 3.05) is 0 Å². The topological polar surface area (TPSA) is 26.3 Å². The van der Waals surface area contributed by atoms with E-state index in [4.69, 9.17) is 4.74 Å². The molecule has 0 heterocycles. The highest BCUT2D eigenvalue weighted by Gasteiger charge is 2.07. The molecule has 1 aromatic carbocycles. The van der Waals surface area contributed by atoms with Gasteiger partial charge >= 0.3 is 5.97 Å². The summed E-state index contributed by atoms with van der Waals surface area (Å²) in [6.07, 6.45) is 1.34. The number of carbonyl (C=O) groups is 1. The summed E-state index contributed by atoms with van der Waals surface area (Å²) in [5.74, 6) is -0.109. The molecular weight excluding hydrogens is 200 g/mol. The summed E-state index contributed by atoms with van der Waals surface area (Å²) in [4.78, 5) is 11.3. The van der Waals surface area contributed by atoms with Gasteiger partial charge in [-0.3, -0.25) is 4.79 Å². The molecule has 0 aliphatic rings. The van der Waals surface area contributed by atoms with Crippen LogP contribution >= 0.6 is 0 Å². The van der Waals surface area contributed by atoms with E-state index in [9.17, 15) is 4.79 Å². The van der Waals surface area contributed by atoms with Crippen LogP contribution < -0.4 is 0 Å². The van der Waals surface area contributed by atoms with Crippen LogP contribution in [0.4, 0.5) is 0 Å². The smallest absolute Gasteiger partial charge is 0.306 e. The molecule has 0 aliphatic carbocycles. The summed E-state index contributed by atoms with van der Waals surface area (Å²) >= 11 is 0. The molecule has 0 spiro atoms. The van der Waals surface area contributed by atoms with E-state index in [1.165, 1.54) is 16.7 Å². The van der Waals surface area contributed by atoms with Crippen LogP contribution in [0.1, 0.15) is 42.0 Å². The van der Waals surface area contributed by atoms with Crippen molar-refractivity contribution in [2.45, 2.75) is 47.1 Å². The van der Waals surface area contributed by atoms with E-state index in [-0.39, 0.29) is 5.97 Å². The van der Waals surface area contributed by atoms with Gasteiger partial charge in [-0.25, -0.2) is 0 Å². The van der Waals surface area contributed by atoms with Crippen molar-refractivity contribution in [3.63, 3.8) is 0 Å². The average Bonchev–Trinajstić information content (AvgIpc) is 2.16. The van der Waals surface area contributed by atoms with Gasteiger partial charge in [0.05, 0.1) is 0 Å². The largest absolute Gasteiger partial charge is 0.461 e. The van der Waals surface area contributed by atoms with Crippen LogP contribution in [0.5, 0.6) is 0 Å². The van der Waals surface area contributed by atoms with E-state index < -0.39 is 0 Å². The lowest BCUT2D eigenvalue weighted by Crippen LogP contribution is -2.06. The highest BCUT2D eigenvalue weighted by molar-refractivity contribution is 5.69. The molecule has 1 aromatic rings. The number of hydrogen-bond acceptors (Lipinski definition) is 2. The van der Waals surface area contributed by atoms with Crippen LogP contribution in [-0.2, 0) is 16.1 Å². The maximum absolute atomic E-state index is 11.3. The molecule has 88 valence electrons. The third-order valence-corrected chi connectivity index (χ3v) is 2.67. The third-order valence-electron chi connectivity index (χ3n) is 2.67. The van der Waals surface area contributed by atoms with Gasteiger partial charge in [-0.1, -0.05) is 24.6 Å². The molecule has 0 saturated carbocycles. The van der Waals surface area contributed by atoms with Crippen LogP contribution in [0.2, 0.25) is 0 Å². The molecule has 0 N–H and O–H groups in total. The molecule has 2 nitrogen and oxygen atoms in total. The summed E-state index contributed by atoms with van der Waals surface area (Å²) in [6.45, 7) is 8.57. The van der Waals surface area contributed by atoms with Crippen molar-refractivity contribution in [1.82, 2.24) is 0 Å². The minimum absolute atomic E-state index is 0.109. The van der Waals surface area contributed by atoms with E-state index in [1.807, 2.05) is 6.92 Å². The Hall–Kier alpha value is -1.31. The van der Waals surface area contributed by atoms with Gasteiger partial charge in [0.15, 0.2) is 0 Å². The molecule has 0 unspecified atom stereocenters. The minimum Gasteiger partial charge on any atom is -0.461 e. The van der Waals surface area contributed by atoms with Crippen LogP contribution in [-0.4, -0.2) is 5.97 Å². The van der Waals surface area contributed by atoms with E-state index in [0.717, 1.165) is 12.0 Å². The predicted molar refractivity (Wildman–Crippen MR) is 65.4 cm³/mol. The average molecular weight is 220 g/mol. The van der Waals surface area contributed by atoms with Gasteiger partial charge in [0.1, 0.15) is 6.61 Å². The van der Waals surface area contributed by atoms with Crippen molar-refractivity contribution in [3.8, 4) is 0 Å². The monoisotopic (exact) mass is 220 g/mol. The molecule has 0 bridgehead atoms. The van der Waals surface area contributed by atoms with Crippen molar-refractivity contribution < 1.29 is 9.53 Å². The van der Waals surface area contributed by atoms with E-state index in [1.54, 1.807) is 0 Å². The highest BCUT2D eigenvalue weighted by atomic mass is 16.5. The number of esters is 1. The van der Waals surface area contributed by atoms with Gasteiger partial charge in [0.2, 0.25) is 0 Å². The molecule has 0 atom stereocenters. The van der Waals surface area contributed by atoms with Gasteiger partial charge in [0.25, 0.3) is 0 Å². The summed E-state index contributed by atoms with van der Waals surface area (Å²) in [5.41, 5.74) is 4.78. The second kappa shape index (κ2) is 5.69. The Morgan fingerprint density at radius 1 is 1.19 bits per heavy atom. The Balaban J connectivity index is 2.70. The zero-order valence-electron chi connectivity index (χ0n) is 10.6. The van der Waals surface area contributed by atoms with Crippen LogP contribution in [0.3, 0.4) is 0 Å². The lowest BCUT2D eigenvalue weighted by Gasteiger charge is -2.11. The van der Waals surface area contributed by atoms with Gasteiger partial charge in [-0.2, -0.15) is 0 Å². The number of benzene rings is 1. The predicted octanol–water partition coefficient (Wildman–Crippen LogP) is 3.46. The number of hydrogen-bond donors (Lipinski definition) is 0. The lowest BCUT2D eigenvalue weighted by molar-refractivity contribution is -0.145.